The molecule has 2 heterocycles. The van der Waals surface area contributed by atoms with Crippen LogP contribution in [0.3, 0.4) is 0 Å². The van der Waals surface area contributed by atoms with E-state index >= 15 is 0 Å². The van der Waals surface area contributed by atoms with Crippen LogP contribution in [0.25, 0.3) is 0 Å². The molecule has 1 aliphatic heterocycles. The Labute approximate surface area is 101 Å². The lowest BCUT2D eigenvalue weighted by molar-refractivity contribution is -0.120. The number of nitrogens with zero attached hydrogens (tertiary/aromatic N) is 1. The van der Waals surface area contributed by atoms with Crippen LogP contribution < -0.4 is 10.6 Å². The Kier molecular flexibility index (Phi) is 3.71. The van der Waals surface area contributed by atoms with E-state index in [1.165, 1.54) is 0 Å². The zero-order valence-corrected chi connectivity index (χ0v) is 10.1. The van der Waals surface area contributed by atoms with Crippen molar-refractivity contribution in [3.05, 3.63) is 23.9 Å². The van der Waals surface area contributed by atoms with Crippen LogP contribution in [-0.2, 0) is 9.53 Å². The third-order valence-electron chi connectivity index (χ3n) is 2.93. The molecule has 2 atom stereocenters. The lowest BCUT2D eigenvalue weighted by Gasteiger charge is -2.16. The maximum absolute atomic E-state index is 12.0. The Hall–Kier alpha value is -1.46. The zero-order valence-electron chi connectivity index (χ0n) is 10.1. The number of hydrogen-bond acceptors (Lipinski definition) is 4. The van der Waals surface area contributed by atoms with Crippen LogP contribution in [0.2, 0.25) is 0 Å². The summed E-state index contributed by atoms with van der Waals surface area (Å²) in [6.45, 7) is 2.93. The molecule has 2 rings (SSSR count). The molecule has 0 aromatic carbocycles. The normalized spacial score (nSPS) is 23.6. The summed E-state index contributed by atoms with van der Waals surface area (Å²) in [4.78, 5) is 16.3. The summed E-state index contributed by atoms with van der Waals surface area (Å²) < 4.78 is 5.30. The van der Waals surface area contributed by atoms with Gasteiger partial charge in [0.25, 0.3) is 0 Å². The summed E-state index contributed by atoms with van der Waals surface area (Å²) >= 11 is 0. The van der Waals surface area contributed by atoms with Gasteiger partial charge in [-0.2, -0.15) is 0 Å². The van der Waals surface area contributed by atoms with Crippen molar-refractivity contribution >= 4 is 11.7 Å². The van der Waals surface area contributed by atoms with E-state index in [9.17, 15) is 4.79 Å². The molecule has 5 nitrogen and oxygen atoms in total. The summed E-state index contributed by atoms with van der Waals surface area (Å²) in [5, 5.41) is 5.90. The molecule has 92 valence electrons. The lowest BCUT2D eigenvalue weighted by Crippen LogP contribution is -2.39. The van der Waals surface area contributed by atoms with E-state index in [1.807, 2.05) is 26.1 Å². The van der Waals surface area contributed by atoms with Crippen molar-refractivity contribution in [3.63, 3.8) is 0 Å². The van der Waals surface area contributed by atoms with E-state index in [4.69, 9.17) is 4.74 Å². The summed E-state index contributed by atoms with van der Waals surface area (Å²) in [6, 6.07) is 5.64. The number of hydrogen-bond donors (Lipinski definition) is 2. The maximum atomic E-state index is 12.0. The molecule has 2 unspecified atom stereocenters. The Balaban J connectivity index is 2.01. The zero-order chi connectivity index (χ0) is 12.3. The number of amides is 1. The molecule has 0 aliphatic carbocycles. The first kappa shape index (κ1) is 12.0. The third kappa shape index (κ3) is 2.81. The van der Waals surface area contributed by atoms with Crippen LogP contribution in [0.15, 0.2) is 18.2 Å². The molecule has 0 bridgehead atoms. The van der Waals surface area contributed by atoms with Gasteiger partial charge in [-0.15, -0.1) is 0 Å². The fourth-order valence-corrected chi connectivity index (χ4v) is 1.93. The first-order valence-electron chi connectivity index (χ1n) is 5.70. The summed E-state index contributed by atoms with van der Waals surface area (Å²) in [5.74, 6) is 0.402. The topological polar surface area (TPSA) is 63.2 Å². The second-order valence-corrected chi connectivity index (χ2v) is 4.19. The van der Waals surface area contributed by atoms with Crippen LogP contribution >= 0.6 is 0 Å². The molecule has 0 saturated carbocycles. The first-order valence-corrected chi connectivity index (χ1v) is 5.70. The molecule has 17 heavy (non-hydrogen) atoms. The standard InChI is InChI=1S/C12H17N3O2/c1-8-4-3-5-11(14-8)15-12(16)9-6-17-7-10(9)13-2/h3-5,9-10,13H,6-7H2,1-2H3,(H,14,15,16). The molecule has 0 spiro atoms. The minimum Gasteiger partial charge on any atom is -0.379 e. The highest BCUT2D eigenvalue weighted by molar-refractivity contribution is 5.92. The Morgan fingerprint density at radius 1 is 1.47 bits per heavy atom. The van der Waals surface area contributed by atoms with E-state index in [1.54, 1.807) is 6.07 Å². The minimum absolute atomic E-state index is 0.0417. The molecule has 1 aromatic rings. The van der Waals surface area contributed by atoms with Crippen molar-refractivity contribution in [2.24, 2.45) is 5.92 Å². The van der Waals surface area contributed by atoms with Gasteiger partial charge in [0.1, 0.15) is 5.82 Å². The van der Waals surface area contributed by atoms with Crippen molar-refractivity contribution in [2.45, 2.75) is 13.0 Å². The van der Waals surface area contributed by atoms with Gasteiger partial charge >= 0.3 is 0 Å². The number of nitrogens with one attached hydrogen (secondary N) is 2. The van der Waals surface area contributed by atoms with Crippen LogP contribution in [0.4, 0.5) is 5.82 Å². The predicted octanol–water partition coefficient (Wildman–Crippen LogP) is 0.563. The number of anilines is 1. The van der Waals surface area contributed by atoms with Crippen LogP contribution in [0.5, 0.6) is 0 Å². The average molecular weight is 235 g/mol. The van der Waals surface area contributed by atoms with Gasteiger partial charge in [0, 0.05) is 11.7 Å². The highest BCUT2D eigenvalue weighted by Crippen LogP contribution is 2.15. The highest BCUT2D eigenvalue weighted by atomic mass is 16.5. The van der Waals surface area contributed by atoms with Crippen LogP contribution in [0.1, 0.15) is 5.69 Å². The fraction of sp³-hybridized carbons (Fsp3) is 0.500. The molecule has 5 heteroatoms. The fourth-order valence-electron chi connectivity index (χ4n) is 1.93. The Morgan fingerprint density at radius 2 is 2.29 bits per heavy atom. The summed E-state index contributed by atoms with van der Waals surface area (Å²) in [6.07, 6.45) is 0. The number of likely N-dealkylation sites (N-methyl/N-ethyl adjacent to an activating group) is 1. The van der Waals surface area contributed by atoms with Gasteiger partial charge in [0.05, 0.1) is 19.1 Å². The second-order valence-electron chi connectivity index (χ2n) is 4.19. The van der Waals surface area contributed by atoms with Crippen molar-refractivity contribution in [1.29, 1.82) is 0 Å². The van der Waals surface area contributed by atoms with Gasteiger partial charge < -0.3 is 15.4 Å². The smallest absolute Gasteiger partial charge is 0.232 e. The number of ether oxygens (including phenoxy) is 1. The molecular formula is C12H17N3O2. The molecule has 1 aromatic heterocycles. The van der Waals surface area contributed by atoms with Gasteiger partial charge in [-0.25, -0.2) is 4.98 Å². The van der Waals surface area contributed by atoms with Gasteiger partial charge in [-0.1, -0.05) is 6.07 Å². The van der Waals surface area contributed by atoms with Gasteiger partial charge in [0.2, 0.25) is 5.91 Å². The maximum Gasteiger partial charge on any atom is 0.232 e. The number of carbonyl (C=O) groups excluding carboxylic acids is 1. The minimum atomic E-state index is -0.151. The van der Waals surface area contributed by atoms with Crippen molar-refractivity contribution in [3.8, 4) is 0 Å². The molecule has 0 radical (unpaired) electrons. The largest absolute Gasteiger partial charge is 0.379 e. The van der Waals surface area contributed by atoms with E-state index in [-0.39, 0.29) is 17.9 Å². The Bertz CT molecular complexity index is 408. The number of aryl methyl sites for hydroxylation is 1. The third-order valence-corrected chi connectivity index (χ3v) is 2.93. The Morgan fingerprint density at radius 3 is 3.00 bits per heavy atom. The number of aromatic nitrogens is 1. The van der Waals surface area contributed by atoms with Gasteiger partial charge in [-0.3, -0.25) is 4.79 Å². The number of rotatable bonds is 3. The summed E-state index contributed by atoms with van der Waals surface area (Å²) in [5.41, 5.74) is 0.885. The first-order chi connectivity index (χ1) is 8.20. The lowest BCUT2D eigenvalue weighted by atomic mass is 10.0. The molecule has 1 amide bonds. The summed E-state index contributed by atoms with van der Waals surface area (Å²) in [7, 11) is 1.84. The van der Waals surface area contributed by atoms with Crippen LogP contribution in [-0.4, -0.2) is 37.2 Å². The monoisotopic (exact) mass is 235 g/mol. The van der Waals surface area contributed by atoms with Crippen LogP contribution in [0, 0.1) is 12.8 Å². The van der Waals surface area contributed by atoms with E-state index in [0.29, 0.717) is 19.0 Å². The highest BCUT2D eigenvalue weighted by Gasteiger charge is 2.33. The van der Waals surface area contributed by atoms with Crippen molar-refractivity contribution < 1.29 is 9.53 Å². The molecular weight excluding hydrogens is 218 g/mol. The molecule has 1 saturated heterocycles. The molecule has 2 N–H and O–H groups in total. The van der Waals surface area contributed by atoms with Gasteiger partial charge in [-0.05, 0) is 26.1 Å². The SMILES string of the molecule is CNC1COCC1C(=O)Nc1cccc(C)n1. The molecule has 1 fully saturated rings. The average Bonchev–Trinajstić information content (AvgIpc) is 2.77. The van der Waals surface area contributed by atoms with Crippen molar-refractivity contribution in [1.82, 2.24) is 10.3 Å². The van der Waals surface area contributed by atoms with E-state index in [2.05, 4.69) is 15.6 Å². The van der Waals surface area contributed by atoms with Gasteiger partial charge in [0.15, 0.2) is 0 Å². The van der Waals surface area contributed by atoms with E-state index < -0.39 is 0 Å². The quantitative estimate of drug-likeness (QED) is 0.803. The van der Waals surface area contributed by atoms with Crippen molar-refractivity contribution in [2.75, 3.05) is 25.6 Å². The second kappa shape index (κ2) is 5.25. The van der Waals surface area contributed by atoms with E-state index in [0.717, 1.165) is 5.69 Å². The molecule has 1 aliphatic rings. The predicted molar refractivity (Wildman–Crippen MR) is 64.8 cm³/mol. The number of carbonyl (C=O) groups is 1. The number of pyridine rings is 1.